The van der Waals surface area contributed by atoms with E-state index in [2.05, 4.69) is 6.58 Å². The Morgan fingerprint density at radius 3 is 2.77 bits per heavy atom. The molecule has 0 saturated heterocycles. The van der Waals surface area contributed by atoms with E-state index in [0.29, 0.717) is 34.9 Å². The molecule has 1 unspecified atom stereocenters. The first-order chi connectivity index (χ1) is 14.4. The number of benzene rings is 2. The van der Waals surface area contributed by atoms with Gasteiger partial charge < -0.3 is 19.1 Å². The molecule has 0 fully saturated rings. The van der Waals surface area contributed by atoms with E-state index in [4.69, 9.17) is 14.2 Å². The number of anilines is 1. The zero-order chi connectivity index (χ0) is 21.7. The molecule has 1 aliphatic rings. The molecule has 2 aromatic rings. The van der Waals surface area contributed by atoms with Gasteiger partial charge in [0.05, 0.1) is 17.9 Å². The van der Waals surface area contributed by atoms with E-state index >= 15 is 0 Å². The molecule has 1 heterocycles. The molecule has 0 spiro atoms. The lowest BCUT2D eigenvalue weighted by molar-refractivity contribution is -0.121. The van der Waals surface area contributed by atoms with Crippen molar-refractivity contribution in [1.82, 2.24) is 0 Å². The number of carbonyl (C=O) groups is 3. The fraction of sp³-hybridized carbons (Fsp3) is 0.261. The number of ether oxygens (including phenoxy) is 3. The molecular formula is C23H23NO6. The number of carbonyl (C=O) groups excluding carboxylic acids is 3. The zero-order valence-electron chi connectivity index (χ0n) is 16.9. The summed E-state index contributed by atoms with van der Waals surface area (Å²) >= 11 is 0. The highest BCUT2D eigenvalue weighted by molar-refractivity contribution is 6.03. The monoisotopic (exact) mass is 409 g/mol. The summed E-state index contributed by atoms with van der Waals surface area (Å²) in [6, 6.07) is 11.4. The molecule has 1 amide bonds. The third-order valence-corrected chi connectivity index (χ3v) is 4.53. The number of amides is 1. The van der Waals surface area contributed by atoms with Crippen LogP contribution in [0.15, 0.2) is 55.1 Å². The van der Waals surface area contributed by atoms with E-state index in [-0.39, 0.29) is 24.9 Å². The lowest BCUT2D eigenvalue weighted by atomic mass is 10.0. The molecule has 7 heteroatoms. The Morgan fingerprint density at radius 2 is 2.03 bits per heavy atom. The van der Waals surface area contributed by atoms with E-state index in [1.807, 2.05) is 0 Å². The summed E-state index contributed by atoms with van der Waals surface area (Å²) in [6.45, 7) is 7.56. The first-order valence-corrected chi connectivity index (χ1v) is 9.60. The summed E-state index contributed by atoms with van der Waals surface area (Å²) in [5, 5.41) is 0. The van der Waals surface area contributed by atoms with Crippen molar-refractivity contribution in [3.63, 3.8) is 0 Å². The summed E-state index contributed by atoms with van der Waals surface area (Å²) in [5.74, 6) is -0.0125. The first kappa shape index (κ1) is 21.1. The van der Waals surface area contributed by atoms with Crippen LogP contribution in [0.1, 0.15) is 34.6 Å². The number of hydrogen-bond acceptors (Lipinski definition) is 6. The molecule has 156 valence electrons. The fourth-order valence-electron chi connectivity index (χ4n) is 3.09. The number of ketones is 1. The van der Waals surface area contributed by atoms with Crippen LogP contribution in [-0.2, 0) is 9.53 Å². The SMILES string of the molecule is C=CCN1C(=O)COc2ccc(C(=O)C(C)Oc3cccc(C(=O)OCC)c3)cc21. The molecule has 0 aromatic heterocycles. The molecule has 30 heavy (non-hydrogen) atoms. The summed E-state index contributed by atoms with van der Waals surface area (Å²) in [5.41, 5.74) is 1.25. The van der Waals surface area contributed by atoms with Gasteiger partial charge in [0.15, 0.2) is 12.7 Å². The van der Waals surface area contributed by atoms with Crippen molar-refractivity contribution in [3.05, 3.63) is 66.2 Å². The average molecular weight is 409 g/mol. The maximum atomic E-state index is 12.9. The molecule has 1 atom stereocenters. The predicted molar refractivity (Wildman–Crippen MR) is 111 cm³/mol. The zero-order valence-corrected chi connectivity index (χ0v) is 16.9. The van der Waals surface area contributed by atoms with Gasteiger partial charge in [-0.2, -0.15) is 0 Å². The average Bonchev–Trinajstić information content (AvgIpc) is 2.75. The van der Waals surface area contributed by atoms with E-state index in [9.17, 15) is 14.4 Å². The Labute approximate surface area is 174 Å². The number of fused-ring (bicyclic) bond motifs is 1. The van der Waals surface area contributed by atoms with Gasteiger partial charge in [-0.25, -0.2) is 4.79 Å². The third-order valence-electron chi connectivity index (χ3n) is 4.53. The minimum absolute atomic E-state index is 0.0511. The minimum Gasteiger partial charge on any atom is -0.483 e. The second kappa shape index (κ2) is 9.26. The molecular weight excluding hydrogens is 386 g/mol. The second-order valence-electron chi connectivity index (χ2n) is 6.64. The standard InChI is InChI=1S/C23H23NO6/c1-4-11-24-19-13-16(9-10-20(19)29-14-21(24)25)22(26)15(3)30-18-8-6-7-17(12-18)23(27)28-5-2/h4,6-10,12-13,15H,1,5,11,14H2,2-3H3. The van der Waals surface area contributed by atoms with Gasteiger partial charge in [0.25, 0.3) is 5.91 Å². The highest BCUT2D eigenvalue weighted by atomic mass is 16.5. The highest BCUT2D eigenvalue weighted by Gasteiger charge is 2.27. The third kappa shape index (κ3) is 4.51. The van der Waals surface area contributed by atoms with Crippen LogP contribution in [0.5, 0.6) is 11.5 Å². The fourth-order valence-corrected chi connectivity index (χ4v) is 3.09. The van der Waals surface area contributed by atoms with Crippen LogP contribution in [0.3, 0.4) is 0 Å². The first-order valence-electron chi connectivity index (χ1n) is 9.60. The van der Waals surface area contributed by atoms with Gasteiger partial charge in [0.1, 0.15) is 11.5 Å². The van der Waals surface area contributed by atoms with Gasteiger partial charge in [-0.3, -0.25) is 9.59 Å². The second-order valence-corrected chi connectivity index (χ2v) is 6.64. The van der Waals surface area contributed by atoms with Crippen molar-refractivity contribution in [2.45, 2.75) is 20.0 Å². The van der Waals surface area contributed by atoms with Gasteiger partial charge >= 0.3 is 5.97 Å². The van der Waals surface area contributed by atoms with Gasteiger partial charge in [-0.1, -0.05) is 12.1 Å². The summed E-state index contributed by atoms with van der Waals surface area (Å²) < 4.78 is 16.2. The van der Waals surface area contributed by atoms with Crippen LogP contribution in [0.25, 0.3) is 0 Å². The lowest BCUT2D eigenvalue weighted by Gasteiger charge is -2.29. The normalized spacial score (nSPS) is 13.7. The number of hydrogen-bond donors (Lipinski definition) is 0. The van der Waals surface area contributed by atoms with Crippen molar-refractivity contribution in [1.29, 1.82) is 0 Å². The van der Waals surface area contributed by atoms with E-state index in [1.54, 1.807) is 56.3 Å². The molecule has 7 nitrogen and oxygen atoms in total. The Morgan fingerprint density at radius 1 is 1.23 bits per heavy atom. The Kier molecular flexibility index (Phi) is 6.51. The highest BCUT2D eigenvalue weighted by Crippen LogP contribution is 2.33. The van der Waals surface area contributed by atoms with E-state index < -0.39 is 12.1 Å². The van der Waals surface area contributed by atoms with Gasteiger partial charge in [-0.15, -0.1) is 6.58 Å². The van der Waals surface area contributed by atoms with Crippen molar-refractivity contribution in [2.75, 3.05) is 24.7 Å². The predicted octanol–water partition coefficient (Wildman–Crippen LogP) is 3.42. The Bertz CT molecular complexity index is 983. The maximum Gasteiger partial charge on any atom is 0.338 e. The van der Waals surface area contributed by atoms with E-state index in [0.717, 1.165) is 0 Å². The van der Waals surface area contributed by atoms with E-state index in [1.165, 1.54) is 11.0 Å². The lowest BCUT2D eigenvalue weighted by Crippen LogP contribution is -2.39. The van der Waals surface area contributed by atoms with Crippen LogP contribution in [-0.4, -0.2) is 43.5 Å². The van der Waals surface area contributed by atoms with Crippen LogP contribution in [0.4, 0.5) is 5.69 Å². The van der Waals surface area contributed by atoms with Gasteiger partial charge in [0, 0.05) is 12.1 Å². The van der Waals surface area contributed by atoms with Crippen molar-refractivity contribution in [2.24, 2.45) is 0 Å². The number of nitrogens with zero attached hydrogens (tertiary/aromatic N) is 1. The maximum absolute atomic E-state index is 12.9. The van der Waals surface area contributed by atoms with Crippen molar-refractivity contribution in [3.8, 4) is 11.5 Å². The van der Waals surface area contributed by atoms with Crippen LogP contribution in [0.2, 0.25) is 0 Å². The Balaban J connectivity index is 1.79. The summed E-state index contributed by atoms with van der Waals surface area (Å²) in [6.07, 6.45) is 0.803. The number of rotatable bonds is 8. The van der Waals surface area contributed by atoms with Gasteiger partial charge in [0.2, 0.25) is 5.78 Å². The van der Waals surface area contributed by atoms with Crippen molar-refractivity contribution < 1.29 is 28.6 Å². The smallest absolute Gasteiger partial charge is 0.338 e. The number of esters is 1. The summed E-state index contributed by atoms with van der Waals surface area (Å²) in [7, 11) is 0. The minimum atomic E-state index is -0.812. The number of Topliss-reactive ketones (excluding diaryl/α,β-unsaturated/α-hetero) is 1. The molecule has 0 N–H and O–H groups in total. The van der Waals surface area contributed by atoms with Crippen LogP contribution in [0, 0.1) is 0 Å². The molecule has 0 bridgehead atoms. The van der Waals surface area contributed by atoms with Crippen LogP contribution >= 0.6 is 0 Å². The topological polar surface area (TPSA) is 82.1 Å². The molecule has 3 rings (SSSR count). The molecule has 2 aromatic carbocycles. The molecule has 0 aliphatic carbocycles. The quantitative estimate of drug-likeness (QED) is 0.377. The summed E-state index contributed by atoms with van der Waals surface area (Å²) in [4.78, 5) is 38.5. The Hall–Kier alpha value is -3.61. The van der Waals surface area contributed by atoms with Crippen molar-refractivity contribution >= 4 is 23.3 Å². The molecule has 0 saturated carbocycles. The van der Waals surface area contributed by atoms with Gasteiger partial charge in [-0.05, 0) is 50.2 Å². The largest absolute Gasteiger partial charge is 0.483 e. The molecule has 1 aliphatic heterocycles. The molecule has 0 radical (unpaired) electrons. The van der Waals surface area contributed by atoms with Crippen LogP contribution < -0.4 is 14.4 Å².